The maximum atomic E-state index is 13.3. The molecule has 1 amide bonds. The summed E-state index contributed by atoms with van der Waals surface area (Å²) in [7, 11) is 3.09. The molecule has 1 aromatic rings. The van der Waals surface area contributed by atoms with Gasteiger partial charge in [-0.3, -0.25) is 4.79 Å². The lowest BCUT2D eigenvalue weighted by atomic mass is 10.2. The SMILES string of the molecule is CC(Nc1cc(F)c(F)cc1F)C(=O)N(C)C. The molecule has 0 heterocycles. The van der Waals surface area contributed by atoms with Gasteiger partial charge in [-0.2, -0.15) is 0 Å². The fourth-order valence-electron chi connectivity index (χ4n) is 1.32. The minimum absolute atomic E-state index is 0.244. The van der Waals surface area contributed by atoms with Crippen molar-refractivity contribution in [1.29, 1.82) is 0 Å². The summed E-state index contributed by atoms with van der Waals surface area (Å²) >= 11 is 0. The van der Waals surface area contributed by atoms with Gasteiger partial charge in [0, 0.05) is 26.2 Å². The van der Waals surface area contributed by atoms with Gasteiger partial charge in [0.25, 0.3) is 0 Å². The van der Waals surface area contributed by atoms with Gasteiger partial charge >= 0.3 is 0 Å². The number of nitrogens with zero attached hydrogens (tertiary/aromatic N) is 1. The van der Waals surface area contributed by atoms with Crippen LogP contribution in [0.15, 0.2) is 12.1 Å². The number of hydrogen-bond donors (Lipinski definition) is 1. The van der Waals surface area contributed by atoms with Gasteiger partial charge in [0.05, 0.1) is 5.69 Å². The number of benzene rings is 1. The zero-order valence-corrected chi connectivity index (χ0v) is 9.72. The van der Waals surface area contributed by atoms with Gasteiger partial charge in [0.15, 0.2) is 11.6 Å². The van der Waals surface area contributed by atoms with Gasteiger partial charge in [-0.15, -0.1) is 0 Å². The first kappa shape index (κ1) is 13.3. The molecule has 0 aliphatic carbocycles. The molecule has 0 fully saturated rings. The number of amides is 1. The van der Waals surface area contributed by atoms with Crippen LogP contribution in [-0.2, 0) is 4.79 Å². The molecule has 0 aromatic heterocycles. The van der Waals surface area contributed by atoms with Crippen molar-refractivity contribution in [3.05, 3.63) is 29.6 Å². The van der Waals surface area contributed by atoms with Gasteiger partial charge < -0.3 is 10.2 Å². The Hall–Kier alpha value is -1.72. The van der Waals surface area contributed by atoms with Crippen molar-refractivity contribution in [2.24, 2.45) is 0 Å². The average Bonchev–Trinajstić information content (AvgIpc) is 2.24. The minimum atomic E-state index is -1.26. The van der Waals surface area contributed by atoms with E-state index in [2.05, 4.69) is 5.32 Å². The smallest absolute Gasteiger partial charge is 0.244 e. The Labute approximate surface area is 97.2 Å². The largest absolute Gasteiger partial charge is 0.371 e. The summed E-state index contributed by atoms with van der Waals surface area (Å²) in [6, 6.07) is 0.388. The molecule has 17 heavy (non-hydrogen) atoms. The van der Waals surface area contributed by atoms with Crippen LogP contribution in [0, 0.1) is 17.5 Å². The highest BCUT2D eigenvalue weighted by atomic mass is 19.2. The molecule has 1 unspecified atom stereocenters. The molecule has 0 aliphatic heterocycles. The van der Waals surface area contributed by atoms with Crippen molar-refractivity contribution in [2.75, 3.05) is 19.4 Å². The van der Waals surface area contributed by atoms with E-state index in [0.717, 1.165) is 0 Å². The number of halogens is 3. The topological polar surface area (TPSA) is 32.3 Å². The lowest BCUT2D eigenvalue weighted by molar-refractivity contribution is -0.129. The van der Waals surface area contributed by atoms with Gasteiger partial charge in [-0.25, -0.2) is 13.2 Å². The second kappa shape index (κ2) is 5.07. The van der Waals surface area contributed by atoms with E-state index in [0.29, 0.717) is 12.1 Å². The van der Waals surface area contributed by atoms with Crippen LogP contribution < -0.4 is 5.32 Å². The predicted molar refractivity (Wildman–Crippen MR) is 58.1 cm³/mol. The fourth-order valence-corrected chi connectivity index (χ4v) is 1.32. The summed E-state index contributed by atoms with van der Waals surface area (Å²) in [6.45, 7) is 1.50. The lowest BCUT2D eigenvalue weighted by Gasteiger charge is -2.19. The number of carbonyl (C=O) groups excluding carboxylic acids is 1. The quantitative estimate of drug-likeness (QED) is 0.827. The molecule has 0 radical (unpaired) electrons. The van der Waals surface area contributed by atoms with E-state index in [1.807, 2.05) is 0 Å². The van der Waals surface area contributed by atoms with E-state index in [9.17, 15) is 18.0 Å². The molecule has 1 rings (SSSR count). The highest BCUT2D eigenvalue weighted by molar-refractivity contribution is 5.83. The van der Waals surface area contributed by atoms with Crippen LogP contribution in [0.5, 0.6) is 0 Å². The van der Waals surface area contributed by atoms with E-state index in [1.165, 1.54) is 11.8 Å². The second-order valence-corrected chi connectivity index (χ2v) is 3.84. The molecular formula is C11H13F3N2O. The first-order chi connectivity index (χ1) is 7.82. The fraction of sp³-hybridized carbons (Fsp3) is 0.364. The van der Waals surface area contributed by atoms with Crippen molar-refractivity contribution < 1.29 is 18.0 Å². The summed E-state index contributed by atoms with van der Waals surface area (Å²) in [5.74, 6) is -3.67. The summed E-state index contributed by atoms with van der Waals surface area (Å²) in [4.78, 5) is 12.8. The normalized spacial score (nSPS) is 12.1. The summed E-state index contributed by atoms with van der Waals surface area (Å²) in [5, 5.41) is 2.49. The zero-order valence-electron chi connectivity index (χ0n) is 9.72. The van der Waals surface area contributed by atoms with Crippen LogP contribution in [-0.4, -0.2) is 30.9 Å². The number of carbonyl (C=O) groups is 1. The Morgan fingerprint density at radius 1 is 1.18 bits per heavy atom. The Balaban J connectivity index is 2.89. The van der Waals surface area contributed by atoms with Crippen molar-refractivity contribution >= 4 is 11.6 Å². The van der Waals surface area contributed by atoms with E-state index >= 15 is 0 Å². The summed E-state index contributed by atoms with van der Waals surface area (Å²) in [5.41, 5.74) is -0.244. The van der Waals surface area contributed by atoms with Crippen molar-refractivity contribution in [2.45, 2.75) is 13.0 Å². The van der Waals surface area contributed by atoms with Crippen LogP contribution in [0.1, 0.15) is 6.92 Å². The predicted octanol–water partition coefficient (Wildman–Crippen LogP) is 1.99. The Morgan fingerprint density at radius 2 is 1.71 bits per heavy atom. The Morgan fingerprint density at radius 3 is 2.24 bits per heavy atom. The third-order valence-electron chi connectivity index (χ3n) is 2.19. The first-order valence-electron chi connectivity index (χ1n) is 4.95. The minimum Gasteiger partial charge on any atom is -0.371 e. The molecule has 1 aromatic carbocycles. The van der Waals surface area contributed by atoms with E-state index in [4.69, 9.17) is 0 Å². The molecule has 1 N–H and O–H groups in total. The van der Waals surface area contributed by atoms with Crippen LogP contribution in [0.4, 0.5) is 18.9 Å². The number of hydrogen-bond acceptors (Lipinski definition) is 2. The molecule has 0 saturated heterocycles. The van der Waals surface area contributed by atoms with E-state index in [-0.39, 0.29) is 11.6 Å². The third kappa shape index (κ3) is 3.12. The highest BCUT2D eigenvalue weighted by Gasteiger charge is 2.17. The second-order valence-electron chi connectivity index (χ2n) is 3.84. The van der Waals surface area contributed by atoms with Gasteiger partial charge in [0.2, 0.25) is 5.91 Å². The van der Waals surface area contributed by atoms with Gasteiger partial charge in [-0.05, 0) is 6.92 Å². The monoisotopic (exact) mass is 246 g/mol. The number of likely N-dealkylation sites (N-methyl/N-ethyl adjacent to an activating group) is 1. The van der Waals surface area contributed by atoms with Crippen molar-refractivity contribution in [1.82, 2.24) is 4.90 Å². The molecule has 0 saturated carbocycles. The maximum absolute atomic E-state index is 13.3. The molecule has 3 nitrogen and oxygen atoms in total. The van der Waals surface area contributed by atoms with Crippen LogP contribution in [0.3, 0.4) is 0 Å². The van der Waals surface area contributed by atoms with Gasteiger partial charge in [0.1, 0.15) is 11.9 Å². The highest BCUT2D eigenvalue weighted by Crippen LogP contribution is 2.19. The number of anilines is 1. The summed E-state index contributed by atoms with van der Waals surface area (Å²) in [6.07, 6.45) is 0. The van der Waals surface area contributed by atoms with Crippen LogP contribution in [0.25, 0.3) is 0 Å². The standard InChI is InChI=1S/C11H13F3N2O/c1-6(11(17)16(2)3)15-10-5-8(13)7(12)4-9(10)14/h4-6,15H,1-3H3. The molecular weight excluding hydrogens is 233 g/mol. The molecule has 0 spiro atoms. The number of nitrogens with one attached hydrogen (secondary N) is 1. The third-order valence-corrected chi connectivity index (χ3v) is 2.19. The van der Waals surface area contributed by atoms with E-state index < -0.39 is 23.5 Å². The lowest BCUT2D eigenvalue weighted by Crippen LogP contribution is -2.36. The molecule has 0 bridgehead atoms. The summed E-state index contributed by atoms with van der Waals surface area (Å²) < 4.78 is 38.8. The Bertz CT molecular complexity index is 435. The number of rotatable bonds is 3. The van der Waals surface area contributed by atoms with Gasteiger partial charge in [-0.1, -0.05) is 0 Å². The zero-order chi connectivity index (χ0) is 13.2. The molecule has 94 valence electrons. The first-order valence-corrected chi connectivity index (χ1v) is 4.95. The van der Waals surface area contributed by atoms with Crippen molar-refractivity contribution in [3.63, 3.8) is 0 Å². The Kier molecular flexibility index (Phi) is 3.98. The van der Waals surface area contributed by atoms with Crippen LogP contribution >= 0.6 is 0 Å². The molecule has 1 atom stereocenters. The molecule has 6 heteroatoms. The molecule has 0 aliphatic rings. The van der Waals surface area contributed by atoms with E-state index in [1.54, 1.807) is 14.1 Å². The average molecular weight is 246 g/mol. The van der Waals surface area contributed by atoms with Crippen molar-refractivity contribution in [3.8, 4) is 0 Å². The maximum Gasteiger partial charge on any atom is 0.244 e. The van der Waals surface area contributed by atoms with Crippen LogP contribution in [0.2, 0.25) is 0 Å².